The van der Waals surface area contributed by atoms with Crippen LogP contribution >= 0.6 is 0 Å². The quantitative estimate of drug-likeness (QED) is 0.799. The molecule has 1 atom stereocenters. The molecule has 2 N–H and O–H groups in total. The average Bonchev–Trinajstić information content (AvgIpc) is 2.70. The first-order valence-electron chi connectivity index (χ1n) is 9.98. The van der Waals surface area contributed by atoms with Crippen molar-refractivity contribution in [2.45, 2.75) is 39.2 Å². The Labute approximate surface area is 167 Å². The van der Waals surface area contributed by atoms with Gasteiger partial charge in [-0.2, -0.15) is 0 Å². The van der Waals surface area contributed by atoms with E-state index in [2.05, 4.69) is 45.9 Å². The number of nitrogens with one attached hydrogen (secondary N) is 2. The fourth-order valence-electron chi connectivity index (χ4n) is 3.74. The number of amides is 2. The molecule has 0 bridgehead atoms. The van der Waals surface area contributed by atoms with Crippen LogP contribution in [0.3, 0.4) is 0 Å². The Balaban J connectivity index is 1.47. The molecule has 1 aliphatic heterocycles. The summed E-state index contributed by atoms with van der Waals surface area (Å²) >= 11 is 0. The molecule has 0 aromatic heterocycles. The molecule has 1 fully saturated rings. The van der Waals surface area contributed by atoms with Crippen LogP contribution in [-0.4, -0.2) is 35.8 Å². The molecule has 1 heterocycles. The third-order valence-electron chi connectivity index (χ3n) is 5.42. The van der Waals surface area contributed by atoms with E-state index in [0.29, 0.717) is 5.92 Å². The highest BCUT2D eigenvalue weighted by molar-refractivity contribution is 5.95. The standard InChI is InChI=1S/C23H29N3O2/c1-17(23(28)25-22-10-8-21(9-11-22)24-18(2)27)26-14-12-20(13-15-26)16-19-6-4-3-5-7-19/h3-11,17,20H,12-16H2,1-2H3,(H,24,27)(H,25,28). The lowest BCUT2D eigenvalue weighted by Gasteiger charge is -2.35. The zero-order valence-electron chi connectivity index (χ0n) is 16.7. The maximum absolute atomic E-state index is 12.6. The fraction of sp³-hybridized carbons (Fsp3) is 0.391. The van der Waals surface area contributed by atoms with E-state index >= 15 is 0 Å². The van der Waals surface area contributed by atoms with E-state index in [9.17, 15) is 9.59 Å². The summed E-state index contributed by atoms with van der Waals surface area (Å²) in [4.78, 5) is 26.0. The summed E-state index contributed by atoms with van der Waals surface area (Å²) in [6.07, 6.45) is 3.37. The minimum absolute atomic E-state index is 0.00814. The molecule has 0 radical (unpaired) electrons. The second-order valence-electron chi connectivity index (χ2n) is 7.59. The summed E-state index contributed by atoms with van der Waals surface area (Å²) in [5, 5.41) is 5.70. The van der Waals surface area contributed by atoms with Crippen LogP contribution in [0.15, 0.2) is 54.6 Å². The number of anilines is 2. The van der Waals surface area contributed by atoms with Gasteiger partial charge in [-0.15, -0.1) is 0 Å². The Morgan fingerprint density at radius 2 is 1.54 bits per heavy atom. The van der Waals surface area contributed by atoms with Gasteiger partial charge >= 0.3 is 0 Å². The summed E-state index contributed by atoms with van der Waals surface area (Å²) < 4.78 is 0. The van der Waals surface area contributed by atoms with Crippen LogP contribution in [0, 0.1) is 5.92 Å². The van der Waals surface area contributed by atoms with E-state index in [1.165, 1.54) is 12.5 Å². The molecule has 2 amide bonds. The third-order valence-corrected chi connectivity index (χ3v) is 5.42. The van der Waals surface area contributed by atoms with Crippen molar-refractivity contribution >= 4 is 23.2 Å². The zero-order chi connectivity index (χ0) is 19.9. The van der Waals surface area contributed by atoms with Crippen molar-refractivity contribution in [2.75, 3.05) is 23.7 Å². The first-order valence-corrected chi connectivity index (χ1v) is 9.98. The maximum Gasteiger partial charge on any atom is 0.241 e. The first kappa shape index (κ1) is 20.1. The number of hydrogen-bond donors (Lipinski definition) is 2. The first-order chi connectivity index (χ1) is 13.5. The van der Waals surface area contributed by atoms with Crippen molar-refractivity contribution < 1.29 is 9.59 Å². The lowest BCUT2D eigenvalue weighted by molar-refractivity contribution is -0.121. The number of carbonyl (C=O) groups excluding carboxylic acids is 2. The van der Waals surface area contributed by atoms with Gasteiger partial charge in [0.25, 0.3) is 0 Å². The molecule has 5 nitrogen and oxygen atoms in total. The van der Waals surface area contributed by atoms with Crippen molar-refractivity contribution in [1.82, 2.24) is 4.90 Å². The summed E-state index contributed by atoms with van der Waals surface area (Å²) in [6.45, 7) is 5.35. The Morgan fingerprint density at radius 1 is 0.964 bits per heavy atom. The van der Waals surface area contributed by atoms with Crippen LogP contribution in [0.1, 0.15) is 32.3 Å². The number of rotatable bonds is 6. The van der Waals surface area contributed by atoms with Gasteiger partial charge in [0.15, 0.2) is 0 Å². The molecule has 1 saturated heterocycles. The minimum Gasteiger partial charge on any atom is -0.326 e. The molecule has 5 heteroatoms. The summed E-state index contributed by atoms with van der Waals surface area (Å²) in [6, 6.07) is 17.7. The fourth-order valence-corrected chi connectivity index (χ4v) is 3.74. The molecule has 0 aliphatic carbocycles. The largest absolute Gasteiger partial charge is 0.326 e. The van der Waals surface area contributed by atoms with Crippen LogP contribution < -0.4 is 10.6 Å². The number of nitrogens with zero attached hydrogens (tertiary/aromatic N) is 1. The van der Waals surface area contributed by atoms with E-state index in [4.69, 9.17) is 0 Å². The predicted octanol–water partition coefficient (Wildman–Crippen LogP) is 3.93. The normalized spacial score (nSPS) is 16.4. The van der Waals surface area contributed by atoms with Gasteiger partial charge in [-0.05, 0) is 75.0 Å². The summed E-state index contributed by atoms with van der Waals surface area (Å²) in [7, 11) is 0. The molecular formula is C23H29N3O2. The SMILES string of the molecule is CC(=O)Nc1ccc(NC(=O)C(C)N2CCC(Cc3ccccc3)CC2)cc1. The van der Waals surface area contributed by atoms with E-state index in [0.717, 1.165) is 43.7 Å². The number of carbonyl (C=O) groups is 2. The highest BCUT2D eigenvalue weighted by Crippen LogP contribution is 2.23. The zero-order valence-corrected chi connectivity index (χ0v) is 16.7. The number of hydrogen-bond acceptors (Lipinski definition) is 3. The van der Waals surface area contributed by atoms with Gasteiger partial charge in [-0.3, -0.25) is 14.5 Å². The van der Waals surface area contributed by atoms with Gasteiger partial charge in [0.05, 0.1) is 6.04 Å². The van der Waals surface area contributed by atoms with Crippen LogP contribution in [-0.2, 0) is 16.0 Å². The van der Waals surface area contributed by atoms with E-state index in [-0.39, 0.29) is 17.9 Å². The van der Waals surface area contributed by atoms with Gasteiger partial charge in [0.1, 0.15) is 0 Å². The molecule has 3 rings (SSSR count). The van der Waals surface area contributed by atoms with Gasteiger partial charge < -0.3 is 10.6 Å². The highest BCUT2D eigenvalue weighted by atomic mass is 16.2. The molecule has 2 aromatic carbocycles. The number of piperidine rings is 1. The Kier molecular flexibility index (Phi) is 6.82. The Hall–Kier alpha value is -2.66. The second-order valence-corrected chi connectivity index (χ2v) is 7.59. The van der Waals surface area contributed by atoms with E-state index in [1.807, 2.05) is 19.1 Å². The molecular weight excluding hydrogens is 350 g/mol. The molecule has 28 heavy (non-hydrogen) atoms. The summed E-state index contributed by atoms with van der Waals surface area (Å²) in [5.41, 5.74) is 2.86. The van der Waals surface area contributed by atoms with E-state index in [1.54, 1.807) is 12.1 Å². The van der Waals surface area contributed by atoms with Gasteiger partial charge in [-0.1, -0.05) is 30.3 Å². The van der Waals surface area contributed by atoms with Gasteiger partial charge in [-0.25, -0.2) is 0 Å². The highest BCUT2D eigenvalue weighted by Gasteiger charge is 2.26. The summed E-state index contributed by atoms with van der Waals surface area (Å²) in [5.74, 6) is 0.588. The van der Waals surface area contributed by atoms with Crippen LogP contribution in [0.4, 0.5) is 11.4 Å². The lowest BCUT2D eigenvalue weighted by atomic mass is 9.89. The Morgan fingerprint density at radius 3 is 2.11 bits per heavy atom. The van der Waals surface area contributed by atoms with Crippen LogP contribution in [0.25, 0.3) is 0 Å². The molecule has 1 unspecified atom stereocenters. The molecule has 2 aromatic rings. The van der Waals surface area contributed by atoms with Crippen molar-refractivity contribution in [3.8, 4) is 0 Å². The minimum atomic E-state index is -0.160. The van der Waals surface area contributed by atoms with Crippen molar-refractivity contribution in [3.05, 3.63) is 60.2 Å². The lowest BCUT2D eigenvalue weighted by Crippen LogP contribution is -2.46. The molecule has 0 saturated carbocycles. The molecule has 0 spiro atoms. The van der Waals surface area contributed by atoms with Crippen molar-refractivity contribution in [2.24, 2.45) is 5.92 Å². The predicted molar refractivity (Wildman–Crippen MR) is 113 cm³/mol. The monoisotopic (exact) mass is 379 g/mol. The average molecular weight is 380 g/mol. The van der Waals surface area contributed by atoms with E-state index < -0.39 is 0 Å². The van der Waals surface area contributed by atoms with Crippen LogP contribution in [0.5, 0.6) is 0 Å². The molecule has 148 valence electrons. The topological polar surface area (TPSA) is 61.4 Å². The number of benzene rings is 2. The number of likely N-dealkylation sites (tertiary alicyclic amines) is 1. The molecule has 1 aliphatic rings. The van der Waals surface area contributed by atoms with Crippen molar-refractivity contribution in [1.29, 1.82) is 0 Å². The van der Waals surface area contributed by atoms with Gasteiger partial charge in [0.2, 0.25) is 11.8 Å². The van der Waals surface area contributed by atoms with Crippen molar-refractivity contribution in [3.63, 3.8) is 0 Å². The van der Waals surface area contributed by atoms with Gasteiger partial charge in [0, 0.05) is 18.3 Å². The van der Waals surface area contributed by atoms with Crippen LogP contribution in [0.2, 0.25) is 0 Å². The third kappa shape index (κ3) is 5.67. The Bertz CT molecular complexity index is 781. The smallest absolute Gasteiger partial charge is 0.241 e. The maximum atomic E-state index is 12.6. The second kappa shape index (κ2) is 9.51.